The molecule has 2 N–H and O–H groups in total. The highest BCUT2D eigenvalue weighted by atomic mass is 16.5. The molecule has 0 unspecified atom stereocenters. The van der Waals surface area contributed by atoms with Gasteiger partial charge in [-0.1, -0.05) is 0 Å². The first kappa shape index (κ1) is 17.7. The Hall–Kier alpha value is -2.38. The summed E-state index contributed by atoms with van der Waals surface area (Å²) >= 11 is 0. The van der Waals surface area contributed by atoms with Gasteiger partial charge in [0.05, 0.1) is 17.4 Å². The first-order chi connectivity index (χ1) is 13.5. The van der Waals surface area contributed by atoms with Gasteiger partial charge in [0.15, 0.2) is 0 Å². The third-order valence-corrected chi connectivity index (χ3v) is 6.26. The fourth-order valence-corrected chi connectivity index (χ4v) is 3.93. The molecule has 1 aromatic carbocycles. The number of hydrogen-bond acceptors (Lipinski definition) is 7. The second-order valence-corrected chi connectivity index (χ2v) is 8.58. The highest BCUT2D eigenvalue weighted by Gasteiger charge is 2.40. The van der Waals surface area contributed by atoms with E-state index in [-0.39, 0.29) is 11.6 Å². The summed E-state index contributed by atoms with van der Waals surface area (Å²) < 4.78 is 6.16. The predicted molar refractivity (Wildman–Crippen MR) is 110 cm³/mol. The first-order valence-electron chi connectivity index (χ1n) is 10.1. The van der Waals surface area contributed by atoms with Gasteiger partial charge in [-0.05, 0) is 51.9 Å². The summed E-state index contributed by atoms with van der Waals surface area (Å²) in [4.78, 5) is 13.9. The van der Waals surface area contributed by atoms with Crippen molar-refractivity contribution in [3.8, 4) is 5.75 Å². The van der Waals surface area contributed by atoms with Crippen molar-refractivity contribution in [2.75, 3.05) is 37.0 Å². The molecular weight excluding hydrogens is 352 g/mol. The van der Waals surface area contributed by atoms with Crippen molar-refractivity contribution < 1.29 is 4.74 Å². The average molecular weight is 380 g/mol. The molecule has 1 aliphatic carbocycles. The topological polar surface area (TPSA) is 65.5 Å². The summed E-state index contributed by atoms with van der Waals surface area (Å²) in [5.41, 5.74) is 9.88. The third-order valence-electron chi connectivity index (χ3n) is 6.26. The molecule has 1 aromatic heterocycles. The van der Waals surface area contributed by atoms with Crippen LogP contribution in [0.2, 0.25) is 0 Å². The molecule has 1 saturated carbocycles. The largest absolute Gasteiger partial charge is 0.488 e. The van der Waals surface area contributed by atoms with Gasteiger partial charge in [-0.25, -0.2) is 15.4 Å². The molecule has 7 nitrogen and oxygen atoms in total. The number of aromatic nitrogens is 2. The van der Waals surface area contributed by atoms with E-state index in [0.717, 1.165) is 61.0 Å². The van der Waals surface area contributed by atoms with E-state index in [0.29, 0.717) is 6.04 Å². The van der Waals surface area contributed by atoms with Crippen LogP contribution in [0.25, 0.3) is 0 Å². The Kier molecular flexibility index (Phi) is 4.17. The molecule has 2 aromatic rings. The number of fused-ring (bicyclic) bond motifs is 1. The van der Waals surface area contributed by atoms with Crippen LogP contribution in [0.3, 0.4) is 0 Å². The number of anilines is 2. The number of nitrogens with one attached hydrogen (secondary N) is 2. The molecule has 0 radical (unpaired) electrons. The van der Waals surface area contributed by atoms with Gasteiger partial charge in [-0.2, -0.15) is 0 Å². The first-order valence-corrected chi connectivity index (χ1v) is 10.1. The number of likely N-dealkylation sites (N-methyl/N-ethyl adjacent to an activating group) is 1. The molecule has 2 atom stereocenters. The van der Waals surface area contributed by atoms with E-state index in [9.17, 15) is 0 Å². The molecule has 3 heterocycles. The van der Waals surface area contributed by atoms with Gasteiger partial charge in [0.2, 0.25) is 0 Å². The van der Waals surface area contributed by atoms with E-state index in [4.69, 9.17) is 4.74 Å². The van der Waals surface area contributed by atoms with E-state index in [1.54, 1.807) is 6.33 Å². The molecule has 28 heavy (non-hydrogen) atoms. The molecule has 3 aliphatic rings. The zero-order valence-corrected chi connectivity index (χ0v) is 16.8. The molecule has 0 amide bonds. The molecule has 1 saturated heterocycles. The van der Waals surface area contributed by atoms with Crippen LogP contribution in [0, 0.1) is 0 Å². The van der Waals surface area contributed by atoms with Crippen LogP contribution in [0.5, 0.6) is 5.75 Å². The van der Waals surface area contributed by atoms with Crippen LogP contribution in [0.1, 0.15) is 44.0 Å². The lowest BCUT2D eigenvalue weighted by atomic mass is 10.0. The number of rotatable bonds is 4. The normalized spacial score (nSPS) is 25.9. The van der Waals surface area contributed by atoms with Crippen molar-refractivity contribution in [1.82, 2.24) is 20.3 Å². The summed E-state index contributed by atoms with van der Waals surface area (Å²) in [6.45, 7) is 7.44. The zero-order valence-electron chi connectivity index (χ0n) is 16.8. The Morgan fingerprint density at radius 3 is 2.82 bits per heavy atom. The van der Waals surface area contributed by atoms with Crippen molar-refractivity contribution in [1.29, 1.82) is 0 Å². The highest BCUT2D eigenvalue weighted by Crippen LogP contribution is 2.42. The van der Waals surface area contributed by atoms with Gasteiger partial charge in [0.25, 0.3) is 0 Å². The Labute approximate surface area is 166 Å². The molecule has 0 spiro atoms. The molecule has 2 fully saturated rings. The maximum atomic E-state index is 6.16. The fraction of sp³-hybridized carbons (Fsp3) is 0.524. The van der Waals surface area contributed by atoms with Crippen molar-refractivity contribution in [2.45, 2.75) is 44.4 Å². The van der Waals surface area contributed by atoms with Crippen molar-refractivity contribution in [2.24, 2.45) is 0 Å². The smallest absolute Gasteiger partial charge is 0.132 e. The quantitative estimate of drug-likeness (QED) is 0.845. The van der Waals surface area contributed by atoms with Gasteiger partial charge in [0.1, 0.15) is 23.5 Å². The Morgan fingerprint density at radius 1 is 1.18 bits per heavy atom. The molecule has 148 valence electrons. The molecule has 7 heteroatoms. The lowest BCUT2D eigenvalue weighted by Crippen LogP contribution is -2.50. The minimum absolute atomic E-state index is 0.0165. The minimum atomic E-state index is -0.0165. The summed E-state index contributed by atoms with van der Waals surface area (Å²) in [6.07, 6.45) is 3.93. The van der Waals surface area contributed by atoms with Gasteiger partial charge >= 0.3 is 0 Å². The maximum absolute atomic E-state index is 6.16. The second-order valence-electron chi connectivity index (χ2n) is 8.58. The molecular formula is C21H28N6O. The average Bonchev–Trinajstić information content (AvgIpc) is 3.26. The maximum Gasteiger partial charge on any atom is 0.132 e. The van der Waals surface area contributed by atoms with Crippen LogP contribution in [-0.2, 0) is 0 Å². The number of nitrogens with zero attached hydrogens (tertiary/aromatic N) is 4. The molecule has 0 bridgehead atoms. The van der Waals surface area contributed by atoms with E-state index >= 15 is 0 Å². The predicted octanol–water partition coefficient (Wildman–Crippen LogP) is 2.57. The third kappa shape index (κ3) is 3.29. The van der Waals surface area contributed by atoms with Crippen molar-refractivity contribution in [3.63, 3.8) is 0 Å². The minimum Gasteiger partial charge on any atom is -0.488 e. The van der Waals surface area contributed by atoms with E-state index in [2.05, 4.69) is 69.7 Å². The fourth-order valence-electron chi connectivity index (χ4n) is 3.93. The van der Waals surface area contributed by atoms with E-state index in [1.807, 2.05) is 6.07 Å². The lowest BCUT2D eigenvalue weighted by Gasteiger charge is -2.38. The standard InChI is InChI=1S/C21H28N6O/c1-14-12-27(9-8-26(14)3)19-11-18(22-13-23-19)20-16-10-15(28-21(2)6-7-21)4-5-17(16)24-25-20/h4-5,10-11,13-14,20,24-25H,6-9,12H2,1-3H3/t14-,20-/m1/s1. The van der Waals surface area contributed by atoms with E-state index < -0.39 is 0 Å². The zero-order chi connectivity index (χ0) is 19.3. The van der Waals surface area contributed by atoms with Crippen molar-refractivity contribution in [3.05, 3.63) is 41.9 Å². The summed E-state index contributed by atoms with van der Waals surface area (Å²) in [6, 6.07) is 8.86. The SMILES string of the molecule is C[C@@H]1CN(c2cc([C@@H]3NNc4ccc(OC5(C)CC5)cc43)ncn2)CCN1C. The number of ether oxygens (including phenoxy) is 1. The Bertz CT molecular complexity index is 883. The molecule has 2 aliphatic heterocycles. The Morgan fingerprint density at radius 2 is 2.04 bits per heavy atom. The highest BCUT2D eigenvalue weighted by molar-refractivity contribution is 5.61. The number of benzene rings is 1. The van der Waals surface area contributed by atoms with Crippen LogP contribution in [0.4, 0.5) is 11.5 Å². The van der Waals surface area contributed by atoms with Gasteiger partial charge < -0.3 is 20.0 Å². The second kappa shape index (κ2) is 6.60. The van der Waals surface area contributed by atoms with Crippen LogP contribution < -0.4 is 20.5 Å². The monoisotopic (exact) mass is 380 g/mol. The number of hydrazine groups is 1. The van der Waals surface area contributed by atoms with Crippen LogP contribution >= 0.6 is 0 Å². The van der Waals surface area contributed by atoms with E-state index in [1.165, 1.54) is 0 Å². The van der Waals surface area contributed by atoms with Gasteiger partial charge in [-0.3, -0.25) is 0 Å². The van der Waals surface area contributed by atoms with Crippen molar-refractivity contribution >= 4 is 11.5 Å². The summed E-state index contributed by atoms with van der Waals surface area (Å²) in [5, 5.41) is 0. The molecule has 5 rings (SSSR count). The summed E-state index contributed by atoms with van der Waals surface area (Å²) in [7, 11) is 2.18. The Balaban J connectivity index is 1.40. The lowest BCUT2D eigenvalue weighted by molar-refractivity contribution is 0.200. The summed E-state index contributed by atoms with van der Waals surface area (Å²) in [5.74, 6) is 1.93. The number of piperazine rings is 1. The number of hydrogen-bond donors (Lipinski definition) is 2. The van der Waals surface area contributed by atoms with Crippen LogP contribution in [0.15, 0.2) is 30.6 Å². The van der Waals surface area contributed by atoms with Crippen LogP contribution in [-0.4, -0.2) is 53.2 Å². The van der Waals surface area contributed by atoms with Gasteiger partial charge in [0, 0.05) is 37.3 Å². The van der Waals surface area contributed by atoms with Gasteiger partial charge in [-0.15, -0.1) is 0 Å².